The molecule has 7 nitrogen and oxygen atoms in total. The number of hydroxylamine groups is 1. The molecule has 27 heavy (non-hydrogen) atoms. The molecule has 0 saturated heterocycles. The van der Waals surface area contributed by atoms with E-state index in [0.29, 0.717) is 10.6 Å². The minimum atomic E-state index is -1.45. The quantitative estimate of drug-likeness (QED) is 0.455. The standard InChI is InChI=1S/C19H20N4O3S/c1-3-20-22(4-2)14-9-11-15(12-10-14)23-17(13-19(24)21-25)16-7-5-6-8-18(16)27(23)26/h3-12,17,25H,2,13H2,1H3,(H,21,24)/b20-3-. The SMILES string of the molecule is C=CN(/N=C\C)c1ccc(N2C(CC(=O)NO)c3ccccc3S2=O)cc1. The third-order valence-corrected chi connectivity index (χ3v) is 5.78. The van der Waals surface area contributed by atoms with Crippen molar-refractivity contribution in [1.82, 2.24) is 5.48 Å². The number of fused-ring (bicyclic) bond motifs is 1. The molecule has 2 atom stereocenters. The first kappa shape index (κ1) is 18.8. The van der Waals surface area contributed by atoms with Crippen LogP contribution >= 0.6 is 0 Å². The fraction of sp³-hybridized carbons (Fsp3) is 0.158. The first-order valence-electron chi connectivity index (χ1n) is 8.34. The van der Waals surface area contributed by atoms with Crippen LogP contribution in [-0.2, 0) is 15.8 Å². The Morgan fingerprint density at radius 3 is 2.67 bits per heavy atom. The number of nitrogens with zero attached hydrogens (tertiary/aromatic N) is 3. The molecule has 140 valence electrons. The number of hydrogen-bond acceptors (Lipinski definition) is 5. The summed E-state index contributed by atoms with van der Waals surface area (Å²) in [7, 11) is -1.45. The van der Waals surface area contributed by atoms with E-state index in [0.717, 1.165) is 11.3 Å². The average molecular weight is 384 g/mol. The molecule has 2 aromatic carbocycles. The highest BCUT2D eigenvalue weighted by molar-refractivity contribution is 7.87. The van der Waals surface area contributed by atoms with Gasteiger partial charge in [0.15, 0.2) is 11.0 Å². The Kier molecular flexibility index (Phi) is 5.68. The lowest BCUT2D eigenvalue weighted by atomic mass is 10.0. The van der Waals surface area contributed by atoms with E-state index in [9.17, 15) is 9.00 Å². The van der Waals surface area contributed by atoms with Gasteiger partial charge >= 0.3 is 0 Å². The second-order valence-corrected chi connectivity index (χ2v) is 7.12. The summed E-state index contributed by atoms with van der Waals surface area (Å²) in [5.74, 6) is -0.537. The Morgan fingerprint density at radius 2 is 2.04 bits per heavy atom. The molecule has 1 amide bonds. The van der Waals surface area contributed by atoms with Gasteiger partial charge in [0.1, 0.15) is 0 Å². The van der Waals surface area contributed by atoms with Gasteiger partial charge in [-0.1, -0.05) is 24.8 Å². The number of carbonyl (C=O) groups excluding carboxylic acids is 1. The van der Waals surface area contributed by atoms with Crippen molar-refractivity contribution in [3.8, 4) is 0 Å². The summed E-state index contributed by atoms with van der Waals surface area (Å²) in [5, 5.41) is 14.7. The van der Waals surface area contributed by atoms with Gasteiger partial charge in [-0.2, -0.15) is 5.10 Å². The van der Waals surface area contributed by atoms with Crippen molar-refractivity contribution in [1.29, 1.82) is 0 Å². The van der Waals surface area contributed by atoms with E-state index in [1.807, 2.05) is 49.4 Å². The van der Waals surface area contributed by atoms with E-state index >= 15 is 0 Å². The maximum absolute atomic E-state index is 13.0. The molecule has 3 rings (SSSR count). The van der Waals surface area contributed by atoms with Crippen LogP contribution < -0.4 is 14.8 Å². The number of hydrogen-bond donors (Lipinski definition) is 2. The zero-order chi connectivity index (χ0) is 19.4. The number of amides is 1. The number of carbonyl (C=O) groups is 1. The number of rotatable bonds is 6. The van der Waals surface area contributed by atoms with E-state index in [4.69, 9.17) is 5.21 Å². The van der Waals surface area contributed by atoms with E-state index in [1.54, 1.807) is 33.3 Å². The van der Waals surface area contributed by atoms with Crippen molar-refractivity contribution in [3.63, 3.8) is 0 Å². The third-order valence-electron chi connectivity index (χ3n) is 4.21. The topological polar surface area (TPSA) is 85.2 Å². The summed E-state index contributed by atoms with van der Waals surface area (Å²) in [6, 6.07) is 14.2. The molecule has 0 aliphatic carbocycles. The van der Waals surface area contributed by atoms with Crippen molar-refractivity contribution in [2.45, 2.75) is 24.3 Å². The highest BCUT2D eigenvalue weighted by Gasteiger charge is 2.37. The van der Waals surface area contributed by atoms with Crippen LogP contribution in [0.5, 0.6) is 0 Å². The molecule has 8 heteroatoms. The largest absolute Gasteiger partial charge is 0.289 e. The second-order valence-electron chi connectivity index (χ2n) is 5.78. The fourth-order valence-electron chi connectivity index (χ4n) is 3.05. The lowest BCUT2D eigenvalue weighted by molar-refractivity contribution is -0.129. The van der Waals surface area contributed by atoms with E-state index in [-0.39, 0.29) is 6.42 Å². The molecule has 0 radical (unpaired) electrons. The van der Waals surface area contributed by atoms with Gasteiger partial charge in [0.2, 0.25) is 5.91 Å². The van der Waals surface area contributed by atoms with Crippen LogP contribution in [0.3, 0.4) is 0 Å². The van der Waals surface area contributed by atoms with Crippen LogP contribution in [0.15, 0.2) is 71.3 Å². The molecule has 0 bridgehead atoms. The summed E-state index contributed by atoms with van der Waals surface area (Å²) >= 11 is 0. The molecular formula is C19H20N4O3S. The minimum absolute atomic E-state index is 0.0140. The zero-order valence-electron chi connectivity index (χ0n) is 14.8. The van der Waals surface area contributed by atoms with Gasteiger partial charge in [0.25, 0.3) is 0 Å². The van der Waals surface area contributed by atoms with Crippen LogP contribution in [-0.4, -0.2) is 21.5 Å². The van der Waals surface area contributed by atoms with Gasteiger partial charge < -0.3 is 0 Å². The minimum Gasteiger partial charge on any atom is -0.289 e. The maximum Gasteiger partial charge on any atom is 0.245 e. The highest BCUT2D eigenvalue weighted by Crippen LogP contribution is 2.42. The molecule has 2 unspecified atom stereocenters. The van der Waals surface area contributed by atoms with E-state index in [1.165, 1.54) is 0 Å². The second kappa shape index (κ2) is 8.15. The summed E-state index contributed by atoms with van der Waals surface area (Å²) < 4.78 is 14.7. The number of nitrogens with one attached hydrogen (secondary N) is 1. The summed E-state index contributed by atoms with van der Waals surface area (Å²) in [6.07, 6.45) is 3.23. The van der Waals surface area contributed by atoms with Crippen LogP contribution in [0, 0.1) is 0 Å². The van der Waals surface area contributed by atoms with Gasteiger partial charge in [0, 0.05) is 12.4 Å². The summed E-state index contributed by atoms with van der Waals surface area (Å²) in [5.41, 5.74) is 3.98. The molecule has 2 aromatic rings. The van der Waals surface area contributed by atoms with Crippen LogP contribution in [0.4, 0.5) is 11.4 Å². The van der Waals surface area contributed by atoms with Crippen LogP contribution in [0.1, 0.15) is 24.9 Å². The van der Waals surface area contributed by atoms with Gasteiger partial charge in [-0.05, 0) is 42.8 Å². The van der Waals surface area contributed by atoms with Crippen molar-refractivity contribution in [2.24, 2.45) is 5.10 Å². The molecule has 0 fully saturated rings. The van der Waals surface area contributed by atoms with Gasteiger partial charge in [-0.3, -0.25) is 14.3 Å². The third kappa shape index (κ3) is 3.62. The Labute approximate surface area is 160 Å². The van der Waals surface area contributed by atoms with E-state index < -0.39 is 22.9 Å². The molecule has 0 saturated carbocycles. The molecule has 1 heterocycles. The van der Waals surface area contributed by atoms with Crippen molar-refractivity contribution in [2.75, 3.05) is 9.31 Å². The lowest BCUT2D eigenvalue weighted by Gasteiger charge is -2.25. The molecule has 2 N–H and O–H groups in total. The highest BCUT2D eigenvalue weighted by atomic mass is 32.2. The smallest absolute Gasteiger partial charge is 0.245 e. The average Bonchev–Trinajstić information content (AvgIpc) is 2.98. The first-order valence-corrected chi connectivity index (χ1v) is 9.44. The Morgan fingerprint density at radius 1 is 1.33 bits per heavy atom. The maximum atomic E-state index is 13.0. The predicted molar refractivity (Wildman–Crippen MR) is 106 cm³/mol. The van der Waals surface area contributed by atoms with Gasteiger partial charge in [-0.15, -0.1) is 0 Å². The van der Waals surface area contributed by atoms with Crippen molar-refractivity contribution >= 4 is 34.5 Å². The normalized spacial score (nSPS) is 18.4. The molecule has 1 aliphatic heterocycles. The molecule has 1 aliphatic rings. The Hall–Kier alpha value is -2.97. The van der Waals surface area contributed by atoms with Gasteiger partial charge in [0.05, 0.1) is 28.7 Å². The predicted octanol–water partition coefficient (Wildman–Crippen LogP) is 3.12. The molecular weight excluding hydrogens is 364 g/mol. The summed E-state index contributed by atoms with van der Waals surface area (Å²) in [4.78, 5) is 12.5. The van der Waals surface area contributed by atoms with Crippen molar-refractivity contribution in [3.05, 3.63) is 66.9 Å². The Bertz CT molecular complexity index is 898. The number of benzene rings is 2. The lowest BCUT2D eigenvalue weighted by Crippen LogP contribution is -2.29. The molecule has 0 aromatic heterocycles. The van der Waals surface area contributed by atoms with Crippen molar-refractivity contribution < 1.29 is 14.2 Å². The first-order chi connectivity index (χ1) is 13.1. The van der Waals surface area contributed by atoms with Crippen LogP contribution in [0.25, 0.3) is 0 Å². The van der Waals surface area contributed by atoms with Gasteiger partial charge in [-0.25, -0.2) is 14.7 Å². The van der Waals surface area contributed by atoms with Crippen LogP contribution in [0.2, 0.25) is 0 Å². The zero-order valence-corrected chi connectivity index (χ0v) is 15.6. The molecule has 0 spiro atoms. The number of anilines is 2. The fourth-order valence-corrected chi connectivity index (χ4v) is 4.59. The number of hydrazone groups is 1. The van der Waals surface area contributed by atoms with E-state index in [2.05, 4.69) is 11.7 Å². The monoisotopic (exact) mass is 384 g/mol. The summed E-state index contributed by atoms with van der Waals surface area (Å²) in [6.45, 7) is 5.55. The Balaban J connectivity index is 1.97.